The second kappa shape index (κ2) is 7.51. The zero-order valence-corrected chi connectivity index (χ0v) is 16.1. The van der Waals surface area contributed by atoms with Gasteiger partial charge >= 0.3 is 0 Å². The van der Waals surface area contributed by atoms with Gasteiger partial charge in [-0.2, -0.15) is 17.0 Å². The first-order chi connectivity index (χ1) is 12.0. The molecule has 6 nitrogen and oxygen atoms in total. The van der Waals surface area contributed by atoms with Crippen LogP contribution >= 0.6 is 0 Å². The van der Waals surface area contributed by atoms with E-state index < -0.39 is 10.2 Å². The van der Waals surface area contributed by atoms with E-state index >= 15 is 0 Å². The number of nitrogens with zero attached hydrogens (tertiary/aromatic N) is 2. The highest BCUT2D eigenvalue weighted by molar-refractivity contribution is 7.86. The molecule has 0 N–H and O–H groups in total. The Morgan fingerprint density at radius 2 is 1.84 bits per heavy atom. The van der Waals surface area contributed by atoms with Gasteiger partial charge in [0.25, 0.3) is 10.2 Å². The van der Waals surface area contributed by atoms with Crippen molar-refractivity contribution in [2.24, 2.45) is 5.92 Å². The molecule has 2 heterocycles. The molecule has 0 radical (unpaired) electrons. The normalized spacial score (nSPS) is 25.9. The number of methoxy groups -OCH3 is 2. The first-order valence-electron chi connectivity index (χ1n) is 8.96. The van der Waals surface area contributed by atoms with Gasteiger partial charge in [0.05, 0.1) is 20.3 Å². The molecule has 0 aromatic heterocycles. The Morgan fingerprint density at radius 1 is 1.08 bits per heavy atom. The molecule has 3 rings (SSSR count). The Hall–Kier alpha value is -1.31. The molecule has 0 bridgehead atoms. The highest BCUT2D eigenvalue weighted by Gasteiger charge is 2.40. The second-order valence-electron chi connectivity index (χ2n) is 6.99. The average Bonchev–Trinajstić information content (AvgIpc) is 3.11. The molecule has 0 amide bonds. The Bertz CT molecular complexity index is 707. The minimum atomic E-state index is -3.45. The average molecular weight is 368 g/mol. The maximum atomic E-state index is 13.2. The van der Waals surface area contributed by atoms with Crippen LogP contribution < -0.4 is 9.47 Å². The van der Waals surface area contributed by atoms with Crippen LogP contribution in [-0.4, -0.2) is 50.9 Å². The van der Waals surface area contributed by atoms with Crippen molar-refractivity contribution < 1.29 is 17.9 Å². The van der Waals surface area contributed by atoms with Gasteiger partial charge in [0, 0.05) is 31.3 Å². The molecule has 2 saturated heterocycles. The molecule has 7 heteroatoms. The van der Waals surface area contributed by atoms with Gasteiger partial charge in [0.15, 0.2) is 0 Å². The quantitative estimate of drug-likeness (QED) is 0.802. The van der Waals surface area contributed by atoms with Crippen molar-refractivity contribution in [3.63, 3.8) is 0 Å². The molecule has 25 heavy (non-hydrogen) atoms. The minimum absolute atomic E-state index is 0.178. The molecule has 140 valence electrons. The topological polar surface area (TPSA) is 59.1 Å². The molecule has 2 atom stereocenters. The Morgan fingerprint density at radius 3 is 2.52 bits per heavy atom. The van der Waals surface area contributed by atoms with E-state index in [-0.39, 0.29) is 6.04 Å². The van der Waals surface area contributed by atoms with Crippen molar-refractivity contribution in [2.75, 3.05) is 33.9 Å². The summed E-state index contributed by atoms with van der Waals surface area (Å²) in [6, 6.07) is 5.43. The summed E-state index contributed by atoms with van der Waals surface area (Å²) in [5, 5.41) is 0. The molecule has 0 saturated carbocycles. The number of rotatable bonds is 5. The molecule has 0 spiro atoms. The lowest BCUT2D eigenvalue weighted by Gasteiger charge is -2.35. The number of benzene rings is 1. The fourth-order valence-corrected chi connectivity index (χ4v) is 5.92. The summed E-state index contributed by atoms with van der Waals surface area (Å²) >= 11 is 0. The lowest BCUT2D eigenvalue weighted by molar-refractivity contribution is 0.253. The minimum Gasteiger partial charge on any atom is -0.497 e. The van der Waals surface area contributed by atoms with Crippen LogP contribution in [0.25, 0.3) is 0 Å². The summed E-state index contributed by atoms with van der Waals surface area (Å²) in [4.78, 5) is 0. The van der Waals surface area contributed by atoms with Crippen LogP contribution in [0.1, 0.15) is 44.2 Å². The summed E-state index contributed by atoms with van der Waals surface area (Å²) < 4.78 is 40.5. The smallest absolute Gasteiger partial charge is 0.282 e. The van der Waals surface area contributed by atoms with Gasteiger partial charge in [-0.05, 0) is 37.7 Å². The van der Waals surface area contributed by atoms with Crippen molar-refractivity contribution in [2.45, 2.75) is 38.6 Å². The predicted molar refractivity (Wildman–Crippen MR) is 97.1 cm³/mol. The fourth-order valence-electron chi connectivity index (χ4n) is 3.92. The van der Waals surface area contributed by atoms with Crippen molar-refractivity contribution in [3.8, 4) is 11.5 Å². The Kier molecular flexibility index (Phi) is 5.55. The van der Waals surface area contributed by atoms with Crippen LogP contribution in [0.3, 0.4) is 0 Å². The van der Waals surface area contributed by atoms with Crippen LogP contribution in [-0.2, 0) is 10.2 Å². The third kappa shape index (κ3) is 3.64. The SMILES string of the molecule is COc1ccc([C@@H]2CCCN2S(=O)(=O)N2CCC[C@H](C)C2)c(OC)c1. The molecule has 1 aromatic rings. The molecule has 0 aliphatic carbocycles. The lowest BCUT2D eigenvalue weighted by atomic mass is 10.0. The molecular weight excluding hydrogens is 340 g/mol. The van der Waals surface area contributed by atoms with Crippen LogP contribution in [0.15, 0.2) is 18.2 Å². The highest BCUT2D eigenvalue weighted by Crippen LogP contribution is 2.41. The van der Waals surface area contributed by atoms with E-state index in [9.17, 15) is 8.42 Å². The summed E-state index contributed by atoms with van der Waals surface area (Å²) in [6.07, 6.45) is 3.71. The first-order valence-corrected chi connectivity index (χ1v) is 10.4. The van der Waals surface area contributed by atoms with Crippen LogP contribution in [0.4, 0.5) is 0 Å². The Labute approximate surface area is 150 Å². The molecular formula is C18H28N2O4S. The predicted octanol–water partition coefficient (Wildman–Crippen LogP) is 2.82. The van der Waals surface area contributed by atoms with Gasteiger partial charge in [-0.25, -0.2) is 0 Å². The second-order valence-corrected chi connectivity index (χ2v) is 8.87. The molecule has 2 fully saturated rings. The van der Waals surface area contributed by atoms with Gasteiger partial charge in [-0.15, -0.1) is 0 Å². The highest BCUT2D eigenvalue weighted by atomic mass is 32.2. The molecule has 0 unspecified atom stereocenters. The van der Waals surface area contributed by atoms with Crippen molar-refractivity contribution >= 4 is 10.2 Å². The van der Waals surface area contributed by atoms with Gasteiger partial charge in [0.2, 0.25) is 0 Å². The largest absolute Gasteiger partial charge is 0.497 e. The summed E-state index contributed by atoms with van der Waals surface area (Å²) in [6.45, 7) is 3.92. The van der Waals surface area contributed by atoms with E-state index in [1.54, 1.807) is 22.8 Å². The Balaban J connectivity index is 1.90. The number of hydrogen-bond acceptors (Lipinski definition) is 4. The molecule has 1 aromatic carbocycles. The summed E-state index contributed by atoms with van der Waals surface area (Å²) in [5.74, 6) is 1.80. The van der Waals surface area contributed by atoms with Crippen molar-refractivity contribution in [1.82, 2.24) is 8.61 Å². The third-order valence-corrected chi connectivity index (χ3v) is 7.26. The summed E-state index contributed by atoms with van der Waals surface area (Å²) in [5.41, 5.74) is 0.912. The number of ether oxygens (including phenoxy) is 2. The van der Waals surface area contributed by atoms with Gasteiger partial charge in [-0.1, -0.05) is 13.0 Å². The zero-order chi connectivity index (χ0) is 18.0. The maximum Gasteiger partial charge on any atom is 0.282 e. The van der Waals surface area contributed by atoms with Crippen LogP contribution in [0.2, 0.25) is 0 Å². The standard InChI is InChI=1S/C18H28N2O4S/c1-14-6-4-10-19(13-14)25(21,22)20-11-5-7-17(20)16-9-8-15(23-2)12-18(16)24-3/h8-9,12,14,17H,4-7,10-11,13H2,1-3H3/t14-,17-/m0/s1. The summed E-state index contributed by atoms with van der Waals surface area (Å²) in [7, 11) is -0.234. The van der Waals surface area contributed by atoms with Gasteiger partial charge < -0.3 is 9.47 Å². The van der Waals surface area contributed by atoms with Crippen LogP contribution in [0, 0.1) is 5.92 Å². The maximum absolute atomic E-state index is 13.2. The van der Waals surface area contributed by atoms with Crippen molar-refractivity contribution in [3.05, 3.63) is 23.8 Å². The fraction of sp³-hybridized carbons (Fsp3) is 0.667. The first kappa shape index (κ1) is 18.5. The molecule has 2 aliphatic heterocycles. The van der Waals surface area contributed by atoms with Crippen molar-refractivity contribution in [1.29, 1.82) is 0 Å². The van der Waals surface area contributed by atoms with E-state index in [0.29, 0.717) is 37.1 Å². The zero-order valence-electron chi connectivity index (χ0n) is 15.3. The van der Waals surface area contributed by atoms with Crippen LogP contribution in [0.5, 0.6) is 11.5 Å². The monoisotopic (exact) mass is 368 g/mol. The van der Waals surface area contributed by atoms with E-state index in [1.165, 1.54) is 0 Å². The number of hydrogen-bond donors (Lipinski definition) is 0. The van der Waals surface area contributed by atoms with Gasteiger partial charge in [0.1, 0.15) is 11.5 Å². The molecule has 2 aliphatic rings. The van der Waals surface area contributed by atoms with E-state index in [4.69, 9.17) is 9.47 Å². The van der Waals surface area contributed by atoms with Gasteiger partial charge in [-0.3, -0.25) is 0 Å². The van der Waals surface area contributed by atoms with E-state index in [1.807, 2.05) is 18.2 Å². The van der Waals surface area contributed by atoms with E-state index in [0.717, 1.165) is 31.2 Å². The third-order valence-electron chi connectivity index (χ3n) is 5.25. The number of piperidine rings is 1. The lowest BCUT2D eigenvalue weighted by Crippen LogP contribution is -2.47. The van der Waals surface area contributed by atoms with E-state index in [2.05, 4.69) is 6.92 Å².